The Kier molecular flexibility index (Phi) is 3.69. The third-order valence-electron chi connectivity index (χ3n) is 1.82. The van der Waals surface area contributed by atoms with Gasteiger partial charge in [0.15, 0.2) is 0 Å². The van der Waals surface area contributed by atoms with E-state index in [2.05, 4.69) is 56.1 Å². The number of hydrogen-bond acceptors (Lipinski definition) is 1. The summed E-state index contributed by atoms with van der Waals surface area (Å²) < 4.78 is 0. The molecule has 1 unspecified atom stereocenters. The normalized spacial score (nSPS) is 22.5. The summed E-state index contributed by atoms with van der Waals surface area (Å²) in [6.45, 7) is 6.33. The van der Waals surface area contributed by atoms with Crippen LogP contribution < -0.4 is 0 Å². The molecule has 70 valence electrons. The molecule has 0 aromatic carbocycles. The Morgan fingerprint density at radius 1 is 1.38 bits per heavy atom. The molecule has 1 aliphatic carbocycles. The van der Waals surface area contributed by atoms with Gasteiger partial charge in [0.25, 0.3) is 0 Å². The van der Waals surface area contributed by atoms with E-state index in [1.165, 1.54) is 5.57 Å². The van der Waals surface area contributed by atoms with Gasteiger partial charge >= 0.3 is 0 Å². The maximum Gasteiger partial charge on any atom is 0.0443 e. The van der Waals surface area contributed by atoms with Crippen molar-refractivity contribution in [3.8, 4) is 0 Å². The van der Waals surface area contributed by atoms with Crippen molar-refractivity contribution in [1.29, 1.82) is 0 Å². The minimum atomic E-state index is 0.374. The molecule has 13 heavy (non-hydrogen) atoms. The first kappa shape index (κ1) is 9.97. The average molecular weight is 175 g/mol. The lowest BCUT2D eigenvalue weighted by Gasteiger charge is -1.95. The van der Waals surface area contributed by atoms with Crippen LogP contribution >= 0.6 is 0 Å². The van der Waals surface area contributed by atoms with Gasteiger partial charge in [0.2, 0.25) is 0 Å². The van der Waals surface area contributed by atoms with Crippen LogP contribution in [0.2, 0.25) is 0 Å². The van der Waals surface area contributed by atoms with Gasteiger partial charge in [-0.25, -0.2) is 0 Å². The number of nitrogens with zero attached hydrogens (tertiary/aromatic N) is 1. The van der Waals surface area contributed by atoms with Gasteiger partial charge in [0.05, 0.1) is 0 Å². The van der Waals surface area contributed by atoms with E-state index < -0.39 is 0 Å². The quantitative estimate of drug-likeness (QED) is 0.572. The van der Waals surface area contributed by atoms with E-state index in [-0.39, 0.29) is 0 Å². The number of allylic oxidation sites excluding steroid dienone is 6. The van der Waals surface area contributed by atoms with E-state index in [1.54, 1.807) is 0 Å². The topological polar surface area (TPSA) is 12.4 Å². The Morgan fingerprint density at radius 2 is 2.15 bits per heavy atom. The number of hydrogen-bond donors (Lipinski definition) is 0. The Hall–Kier alpha value is -1.11. The fraction of sp³-hybridized carbons (Fsp3) is 0.417. The van der Waals surface area contributed by atoms with Crippen molar-refractivity contribution in [1.82, 2.24) is 0 Å². The molecule has 1 aliphatic rings. The van der Waals surface area contributed by atoms with Crippen LogP contribution in [0.25, 0.3) is 0 Å². The average Bonchev–Trinajstić information content (AvgIpc) is 2.27. The van der Waals surface area contributed by atoms with E-state index in [4.69, 9.17) is 0 Å². The summed E-state index contributed by atoms with van der Waals surface area (Å²) in [7, 11) is 0. The number of rotatable bonds is 2. The Morgan fingerprint density at radius 3 is 2.85 bits per heavy atom. The molecular formula is C12H17N. The smallest absolute Gasteiger partial charge is 0.0443 e. The van der Waals surface area contributed by atoms with Crippen LogP contribution in [-0.2, 0) is 0 Å². The van der Waals surface area contributed by atoms with Crippen molar-refractivity contribution in [2.45, 2.75) is 26.8 Å². The van der Waals surface area contributed by atoms with Crippen LogP contribution in [0.3, 0.4) is 0 Å². The maximum absolute atomic E-state index is 4.34. The molecule has 1 atom stereocenters. The molecule has 0 fully saturated rings. The molecule has 1 nitrogen and oxygen atoms in total. The molecule has 0 spiro atoms. The van der Waals surface area contributed by atoms with Crippen molar-refractivity contribution in [2.75, 3.05) is 0 Å². The van der Waals surface area contributed by atoms with Gasteiger partial charge in [0.1, 0.15) is 0 Å². The lowest BCUT2D eigenvalue weighted by atomic mass is 10.1. The highest BCUT2D eigenvalue weighted by molar-refractivity contribution is 5.83. The molecule has 0 aromatic heterocycles. The summed E-state index contributed by atoms with van der Waals surface area (Å²) in [4.78, 5) is 4.34. The first-order valence-electron chi connectivity index (χ1n) is 4.78. The van der Waals surface area contributed by atoms with E-state index in [0.717, 1.165) is 0 Å². The van der Waals surface area contributed by atoms with Gasteiger partial charge in [0, 0.05) is 12.3 Å². The summed E-state index contributed by atoms with van der Waals surface area (Å²) >= 11 is 0. The van der Waals surface area contributed by atoms with Crippen molar-refractivity contribution < 1.29 is 0 Å². The second-order valence-electron chi connectivity index (χ2n) is 3.64. The second kappa shape index (κ2) is 4.80. The van der Waals surface area contributed by atoms with Gasteiger partial charge in [-0.05, 0) is 25.3 Å². The van der Waals surface area contributed by atoms with E-state index in [9.17, 15) is 0 Å². The fourth-order valence-corrected chi connectivity index (χ4v) is 1.05. The summed E-state index contributed by atoms with van der Waals surface area (Å²) in [6, 6.07) is 0.374. The molecule has 0 aliphatic heterocycles. The molecular weight excluding hydrogens is 158 g/mol. The third-order valence-corrected chi connectivity index (χ3v) is 1.82. The van der Waals surface area contributed by atoms with Crippen LogP contribution in [0.4, 0.5) is 0 Å². The molecule has 0 radical (unpaired) electrons. The van der Waals surface area contributed by atoms with Gasteiger partial charge < -0.3 is 0 Å². The largest absolute Gasteiger partial charge is 0.290 e. The predicted octanol–water partition coefficient (Wildman–Crippen LogP) is 3.15. The highest BCUT2D eigenvalue weighted by Crippen LogP contribution is 2.08. The van der Waals surface area contributed by atoms with Gasteiger partial charge in [-0.2, -0.15) is 0 Å². The minimum absolute atomic E-state index is 0.374. The highest BCUT2D eigenvalue weighted by Gasteiger charge is 1.94. The molecule has 0 saturated carbocycles. The first-order chi connectivity index (χ1) is 6.18. The highest BCUT2D eigenvalue weighted by atomic mass is 14.7. The molecule has 1 heteroatoms. The van der Waals surface area contributed by atoms with E-state index in [1.807, 2.05) is 6.21 Å². The fourth-order valence-electron chi connectivity index (χ4n) is 1.05. The zero-order chi connectivity index (χ0) is 9.68. The molecule has 0 saturated heterocycles. The molecule has 0 bridgehead atoms. The van der Waals surface area contributed by atoms with Crippen molar-refractivity contribution >= 4 is 6.21 Å². The van der Waals surface area contributed by atoms with Gasteiger partial charge in [-0.1, -0.05) is 37.3 Å². The predicted molar refractivity (Wildman–Crippen MR) is 59.2 cm³/mol. The summed E-state index contributed by atoms with van der Waals surface area (Å²) in [5.74, 6) is 0.529. The Balaban J connectivity index is 2.66. The zero-order valence-electron chi connectivity index (χ0n) is 8.57. The number of aliphatic imine (C=N–C) groups is 1. The molecule has 0 heterocycles. The summed E-state index contributed by atoms with van der Waals surface area (Å²) in [5.41, 5.74) is 1.18. The standard InChI is InChI=1S/C12H17N/c1-10(2)13-9-12-6-4-5-11(3)7-8-12/h4-11H,1-3H3/b13-9+. The van der Waals surface area contributed by atoms with E-state index in [0.29, 0.717) is 12.0 Å². The van der Waals surface area contributed by atoms with Crippen LogP contribution in [0.15, 0.2) is 40.9 Å². The van der Waals surface area contributed by atoms with Gasteiger partial charge in [-0.15, -0.1) is 0 Å². The van der Waals surface area contributed by atoms with Crippen LogP contribution in [-0.4, -0.2) is 12.3 Å². The SMILES string of the molecule is CC1C=CC=C(/C=N/C(C)C)C=C1. The van der Waals surface area contributed by atoms with Crippen LogP contribution in [0, 0.1) is 5.92 Å². The minimum Gasteiger partial charge on any atom is -0.290 e. The summed E-state index contributed by atoms with van der Waals surface area (Å²) in [6.07, 6.45) is 12.6. The summed E-state index contributed by atoms with van der Waals surface area (Å²) in [5, 5.41) is 0. The molecule has 1 rings (SSSR count). The van der Waals surface area contributed by atoms with Crippen LogP contribution in [0.1, 0.15) is 20.8 Å². The van der Waals surface area contributed by atoms with Crippen molar-refractivity contribution in [3.05, 3.63) is 36.0 Å². The third kappa shape index (κ3) is 3.88. The second-order valence-corrected chi connectivity index (χ2v) is 3.64. The lowest BCUT2D eigenvalue weighted by Crippen LogP contribution is -1.90. The molecule has 0 amide bonds. The first-order valence-corrected chi connectivity index (χ1v) is 4.78. The molecule has 0 aromatic rings. The van der Waals surface area contributed by atoms with Crippen molar-refractivity contribution in [3.63, 3.8) is 0 Å². The Bertz CT molecular complexity index is 267. The van der Waals surface area contributed by atoms with Gasteiger partial charge in [-0.3, -0.25) is 4.99 Å². The maximum atomic E-state index is 4.34. The van der Waals surface area contributed by atoms with E-state index >= 15 is 0 Å². The van der Waals surface area contributed by atoms with Crippen LogP contribution in [0.5, 0.6) is 0 Å². The zero-order valence-corrected chi connectivity index (χ0v) is 8.57. The lowest BCUT2D eigenvalue weighted by molar-refractivity contribution is 0.841. The Labute approximate surface area is 80.6 Å². The monoisotopic (exact) mass is 175 g/mol. The van der Waals surface area contributed by atoms with Crippen molar-refractivity contribution in [2.24, 2.45) is 10.9 Å². The molecule has 0 N–H and O–H groups in total.